The van der Waals surface area contributed by atoms with E-state index in [0.29, 0.717) is 17.0 Å². The summed E-state index contributed by atoms with van der Waals surface area (Å²) >= 11 is 0. The molecule has 0 bridgehead atoms. The number of methoxy groups -OCH3 is 2. The largest absolute Gasteiger partial charge is 0.493 e. The van der Waals surface area contributed by atoms with Gasteiger partial charge in [0.15, 0.2) is 0 Å². The zero-order valence-corrected chi connectivity index (χ0v) is 35.3. The van der Waals surface area contributed by atoms with E-state index < -0.39 is 60.8 Å². The van der Waals surface area contributed by atoms with Gasteiger partial charge in [-0.2, -0.15) is 0 Å². The van der Waals surface area contributed by atoms with Crippen LogP contribution in [0.5, 0.6) is 17.2 Å². The molecule has 1 aliphatic carbocycles. The number of carbonyl (C=O) groups excluding carboxylic acids is 6. The number of carbonyl (C=O) groups is 6. The molecule has 0 atom stereocenters. The van der Waals surface area contributed by atoms with Gasteiger partial charge in [-0.1, -0.05) is 70.0 Å². The van der Waals surface area contributed by atoms with Gasteiger partial charge in [-0.15, -0.1) is 0 Å². The first kappa shape index (κ1) is 47.4. The molecule has 0 spiro atoms. The van der Waals surface area contributed by atoms with Crippen LogP contribution in [0.15, 0.2) is 78.9 Å². The fourth-order valence-electron chi connectivity index (χ4n) is 6.77. The minimum atomic E-state index is -1.29. The normalized spacial score (nSPS) is 14.6. The molecule has 4 rings (SSSR count). The zero-order valence-electron chi connectivity index (χ0n) is 35.3. The minimum Gasteiger partial charge on any atom is -0.493 e. The Hall–Kier alpha value is -6.31. The number of halogens is 1. The summed E-state index contributed by atoms with van der Waals surface area (Å²) in [4.78, 5) is 72.7. The van der Waals surface area contributed by atoms with Crippen LogP contribution in [0.4, 0.5) is 4.39 Å². The number of ether oxygens (including phenoxy) is 7. The molecule has 3 aromatic rings. The molecule has 1 aliphatic rings. The van der Waals surface area contributed by atoms with E-state index >= 15 is 4.39 Å². The van der Waals surface area contributed by atoms with Crippen molar-refractivity contribution in [2.75, 3.05) is 34.0 Å². The molecule has 0 N–H and O–H groups in total. The molecular weight excluding hydrogens is 792 g/mol. The Balaban J connectivity index is 1.65. The fraction of sp³-hybridized carbons (Fsp3) is 0.404. The lowest BCUT2D eigenvalue weighted by atomic mass is 9.77. The lowest BCUT2D eigenvalue weighted by molar-refractivity contribution is -0.170. The SMILES string of the molecule is C=C(C)C(=O)Oc1cc(-c2ccc(C3CCC(CCCCC)CC3)cc2F)c(OC(=O)C(=C)C)cc1-c1ccc(OCC(COC(=O)C(=O)OC)COC(=O)C(=O)OC)cc1. The highest BCUT2D eigenvalue weighted by molar-refractivity contribution is 6.30. The third-order valence-corrected chi connectivity index (χ3v) is 10.3. The second kappa shape index (κ2) is 22.9. The van der Waals surface area contributed by atoms with Crippen molar-refractivity contribution in [3.63, 3.8) is 0 Å². The minimum absolute atomic E-state index is 0.0106. The Bertz CT molecular complexity index is 2070. The molecule has 1 saturated carbocycles. The number of rotatable bonds is 18. The molecule has 13 nitrogen and oxygen atoms in total. The molecule has 3 aromatic carbocycles. The number of hydrogen-bond acceptors (Lipinski definition) is 13. The van der Waals surface area contributed by atoms with Crippen LogP contribution in [-0.2, 0) is 47.7 Å². The van der Waals surface area contributed by atoms with Gasteiger partial charge in [-0.25, -0.2) is 33.2 Å². The van der Waals surface area contributed by atoms with Crippen molar-refractivity contribution in [1.82, 2.24) is 0 Å². The van der Waals surface area contributed by atoms with Crippen LogP contribution in [0.3, 0.4) is 0 Å². The van der Waals surface area contributed by atoms with Crippen LogP contribution in [0, 0.1) is 17.7 Å². The average molecular weight is 845 g/mol. The van der Waals surface area contributed by atoms with Crippen LogP contribution >= 0.6 is 0 Å². The van der Waals surface area contributed by atoms with Crippen molar-refractivity contribution in [3.05, 3.63) is 90.3 Å². The van der Waals surface area contributed by atoms with Crippen molar-refractivity contribution >= 4 is 35.8 Å². The van der Waals surface area contributed by atoms with Crippen LogP contribution < -0.4 is 14.2 Å². The van der Waals surface area contributed by atoms with Gasteiger partial charge in [0.25, 0.3) is 0 Å². The van der Waals surface area contributed by atoms with Crippen molar-refractivity contribution < 1.29 is 66.3 Å². The second-order valence-corrected chi connectivity index (χ2v) is 15.0. The molecular formula is C47H53FO13. The third-order valence-electron chi connectivity index (χ3n) is 10.3. The van der Waals surface area contributed by atoms with Crippen molar-refractivity contribution in [1.29, 1.82) is 0 Å². The predicted molar refractivity (Wildman–Crippen MR) is 222 cm³/mol. The fourth-order valence-corrected chi connectivity index (χ4v) is 6.77. The molecule has 0 unspecified atom stereocenters. The van der Waals surface area contributed by atoms with Gasteiger partial charge < -0.3 is 33.2 Å². The third kappa shape index (κ3) is 13.6. The van der Waals surface area contributed by atoms with E-state index in [-0.39, 0.29) is 52.0 Å². The van der Waals surface area contributed by atoms with E-state index in [1.165, 1.54) is 57.7 Å². The molecule has 0 saturated heterocycles. The van der Waals surface area contributed by atoms with Crippen molar-refractivity contribution in [3.8, 4) is 39.5 Å². The molecule has 0 heterocycles. The smallest absolute Gasteiger partial charge is 0.417 e. The van der Waals surface area contributed by atoms with E-state index in [0.717, 1.165) is 45.5 Å². The predicted octanol–water partition coefficient (Wildman–Crippen LogP) is 8.40. The molecule has 1 fully saturated rings. The Morgan fingerprint density at radius 2 is 1.20 bits per heavy atom. The molecule has 326 valence electrons. The maximum absolute atomic E-state index is 16.3. The first-order valence-electron chi connectivity index (χ1n) is 20.1. The topological polar surface area (TPSA) is 167 Å². The second-order valence-electron chi connectivity index (χ2n) is 15.0. The summed E-state index contributed by atoms with van der Waals surface area (Å²) in [7, 11) is 2.00. The van der Waals surface area contributed by atoms with Gasteiger partial charge in [-0.05, 0) is 92.8 Å². The van der Waals surface area contributed by atoms with Gasteiger partial charge in [0.1, 0.15) is 36.3 Å². The van der Waals surface area contributed by atoms with Crippen molar-refractivity contribution in [2.24, 2.45) is 11.8 Å². The quantitative estimate of drug-likeness (QED) is 0.0299. The van der Waals surface area contributed by atoms with Crippen LogP contribution in [0.1, 0.15) is 83.6 Å². The first-order valence-corrected chi connectivity index (χ1v) is 20.1. The number of hydrogen-bond donors (Lipinski definition) is 0. The van der Waals surface area contributed by atoms with Gasteiger partial charge in [0.05, 0.1) is 26.7 Å². The van der Waals surface area contributed by atoms with Gasteiger partial charge >= 0.3 is 35.8 Å². The Morgan fingerprint density at radius 1 is 0.656 bits per heavy atom. The Kier molecular flexibility index (Phi) is 17.8. The summed E-state index contributed by atoms with van der Waals surface area (Å²) in [6, 6.07) is 14.3. The average Bonchev–Trinajstić information content (AvgIpc) is 3.26. The summed E-state index contributed by atoms with van der Waals surface area (Å²) in [5.41, 5.74) is 2.17. The van der Waals surface area contributed by atoms with Crippen molar-refractivity contribution in [2.45, 2.75) is 78.1 Å². The monoisotopic (exact) mass is 844 g/mol. The lowest BCUT2D eigenvalue weighted by Gasteiger charge is -2.29. The summed E-state index contributed by atoms with van der Waals surface area (Å²) in [6.07, 6.45) is 9.08. The molecule has 0 amide bonds. The highest BCUT2D eigenvalue weighted by atomic mass is 19.1. The van der Waals surface area contributed by atoms with E-state index in [4.69, 9.17) is 23.7 Å². The maximum Gasteiger partial charge on any atom is 0.417 e. The lowest BCUT2D eigenvalue weighted by Crippen LogP contribution is -2.30. The Morgan fingerprint density at radius 3 is 1.70 bits per heavy atom. The highest BCUT2D eigenvalue weighted by Crippen LogP contribution is 2.44. The molecule has 14 heteroatoms. The molecule has 61 heavy (non-hydrogen) atoms. The van der Waals surface area contributed by atoms with Gasteiger partial charge in [-0.3, -0.25) is 0 Å². The number of unbranched alkanes of at least 4 members (excludes halogenated alkanes) is 2. The molecule has 0 radical (unpaired) electrons. The Labute approximate surface area is 355 Å². The van der Waals surface area contributed by atoms with E-state index in [2.05, 4.69) is 29.6 Å². The highest BCUT2D eigenvalue weighted by Gasteiger charge is 2.27. The summed E-state index contributed by atoms with van der Waals surface area (Å²) in [6.45, 7) is 11.4. The van der Waals surface area contributed by atoms with Gasteiger partial charge in [0.2, 0.25) is 0 Å². The zero-order chi connectivity index (χ0) is 44.6. The number of benzene rings is 3. The summed E-state index contributed by atoms with van der Waals surface area (Å²) in [5, 5.41) is 0. The van der Waals surface area contributed by atoms with E-state index in [9.17, 15) is 28.8 Å². The summed E-state index contributed by atoms with van der Waals surface area (Å²) in [5.74, 6) is -6.71. The van der Waals surface area contributed by atoms with E-state index in [1.54, 1.807) is 30.3 Å². The first-order chi connectivity index (χ1) is 29.1. The molecule has 0 aromatic heterocycles. The van der Waals surface area contributed by atoms with Crippen LogP contribution in [0.25, 0.3) is 22.3 Å². The number of esters is 6. The van der Waals surface area contributed by atoms with Gasteiger partial charge in [0, 0.05) is 27.8 Å². The van der Waals surface area contributed by atoms with Crippen LogP contribution in [-0.4, -0.2) is 69.9 Å². The van der Waals surface area contributed by atoms with E-state index in [1.807, 2.05) is 6.07 Å². The molecule has 0 aliphatic heterocycles. The maximum atomic E-state index is 16.3. The summed E-state index contributed by atoms with van der Waals surface area (Å²) < 4.78 is 52.3. The van der Waals surface area contributed by atoms with Crippen LogP contribution in [0.2, 0.25) is 0 Å². The standard InChI is InChI=1S/C47H53FO13/c1-8-9-10-11-30-12-14-32(15-13-30)34-18-21-36(39(48)22-34)38-24-40(60-42(49)28(2)3)37(23-41(38)61-43(50)29(4)5)33-16-19-35(20-17-33)57-25-31(26-58-46(53)44(51)55-6)27-59-47(54)45(52)56-7/h16-24,30-32H,2,4,8-15,25-27H2,1,3,5-7H3.